The molecule has 0 heterocycles. The molecule has 3 heteroatoms. The van der Waals surface area contributed by atoms with E-state index < -0.39 is 0 Å². The Bertz CT molecular complexity index is 4040. The molecular weight excluding hydrogens is 815 g/mol. The molecule has 0 aliphatic rings. The second kappa shape index (κ2) is 14.1. The molecule has 0 aliphatic heterocycles. The highest BCUT2D eigenvalue weighted by Crippen LogP contribution is 2.58. The summed E-state index contributed by atoms with van der Waals surface area (Å²) in [5, 5.41) is 23.0. The van der Waals surface area contributed by atoms with Gasteiger partial charge in [-0.2, -0.15) is 0 Å². The molecule has 0 spiro atoms. The van der Waals surface area contributed by atoms with Crippen LogP contribution in [-0.4, -0.2) is 14.2 Å². The predicted molar refractivity (Wildman–Crippen MR) is 286 cm³/mol. The zero-order chi connectivity index (χ0) is 44.7. The highest BCUT2D eigenvalue weighted by atomic mass is 16.5. The standard InChI is InChI=1S/C64H43NO2/c1-36-14-22-41(23-15-36)65(42-24-16-37(2)17-25-42)54-35-34-51-58-49(54)12-7-13-50(58)61-56(39-18-26-43(66-3)27-19-39)63-52-32-30-47-45-10-5-8-38-9-6-11-46(55(38)45)48-31-33-53(60(52)59(47)48)64(63)57(62(51)61)40-20-28-44(67-4)29-21-40/h5-35H,1-4H3. The second-order valence-electron chi connectivity index (χ2n) is 18.4. The van der Waals surface area contributed by atoms with Crippen molar-refractivity contribution in [2.45, 2.75) is 13.8 Å². The Hall–Kier alpha value is -8.40. The molecule has 0 amide bonds. The molecule has 0 saturated heterocycles. The molecule has 0 aromatic heterocycles. The number of nitrogens with zero attached hydrogens (tertiary/aromatic N) is 1. The van der Waals surface area contributed by atoms with E-state index in [1.54, 1.807) is 14.2 Å². The van der Waals surface area contributed by atoms with Gasteiger partial charge in [-0.05, 0) is 182 Å². The molecule has 0 radical (unpaired) electrons. The minimum Gasteiger partial charge on any atom is -0.497 e. The van der Waals surface area contributed by atoms with E-state index in [-0.39, 0.29) is 0 Å². The topological polar surface area (TPSA) is 21.7 Å². The van der Waals surface area contributed by atoms with Crippen LogP contribution in [0.5, 0.6) is 11.5 Å². The largest absolute Gasteiger partial charge is 0.497 e. The van der Waals surface area contributed by atoms with Crippen molar-refractivity contribution in [1.82, 2.24) is 0 Å². The molecule has 0 aliphatic carbocycles. The molecule has 0 bridgehead atoms. The first-order chi connectivity index (χ1) is 33.0. The van der Waals surface area contributed by atoms with E-state index in [0.717, 1.165) is 39.7 Å². The summed E-state index contributed by atoms with van der Waals surface area (Å²) >= 11 is 0. The normalized spacial score (nSPS) is 12.2. The number of fused-ring (bicyclic) bond motifs is 8. The van der Waals surface area contributed by atoms with Gasteiger partial charge in [0.25, 0.3) is 0 Å². The van der Waals surface area contributed by atoms with Crippen molar-refractivity contribution in [3.05, 3.63) is 199 Å². The summed E-state index contributed by atoms with van der Waals surface area (Å²) in [5.74, 6) is 1.67. The monoisotopic (exact) mass is 857 g/mol. The molecule has 0 atom stereocenters. The van der Waals surface area contributed by atoms with Gasteiger partial charge < -0.3 is 14.4 Å². The van der Waals surface area contributed by atoms with Gasteiger partial charge in [-0.15, -0.1) is 0 Å². The van der Waals surface area contributed by atoms with Crippen molar-refractivity contribution in [3.8, 4) is 33.8 Å². The SMILES string of the molecule is COc1ccc(-c2c3c4cccc5c(N(c6ccc(C)cc6)c6ccc(C)cc6)ccc(c3c(-c3ccc(OC)cc3)c3c6ccc7c8cccc9cccc(c%10ccc(c23)c6c%107)c98)c54)cc1. The van der Waals surface area contributed by atoms with Crippen LogP contribution >= 0.6 is 0 Å². The van der Waals surface area contributed by atoms with E-state index >= 15 is 0 Å². The molecule has 0 saturated carbocycles. The second-order valence-corrected chi connectivity index (χ2v) is 18.4. The van der Waals surface area contributed by atoms with Crippen molar-refractivity contribution in [3.63, 3.8) is 0 Å². The average molecular weight is 858 g/mol. The number of ether oxygens (including phenoxy) is 2. The van der Waals surface area contributed by atoms with Crippen LogP contribution in [0, 0.1) is 13.8 Å². The third-order valence-corrected chi connectivity index (χ3v) is 14.8. The highest BCUT2D eigenvalue weighted by Gasteiger charge is 2.30. The van der Waals surface area contributed by atoms with Crippen molar-refractivity contribution in [1.29, 1.82) is 0 Å². The summed E-state index contributed by atoms with van der Waals surface area (Å²) in [4.78, 5) is 2.42. The van der Waals surface area contributed by atoms with Crippen LogP contribution in [0.1, 0.15) is 11.1 Å². The van der Waals surface area contributed by atoms with E-state index in [4.69, 9.17) is 9.47 Å². The Morgan fingerprint density at radius 3 is 1.16 bits per heavy atom. The molecule has 0 fully saturated rings. The first kappa shape index (κ1) is 37.9. The van der Waals surface area contributed by atoms with E-state index in [1.165, 1.54) is 119 Å². The maximum absolute atomic E-state index is 5.78. The Morgan fingerprint density at radius 1 is 0.299 bits per heavy atom. The van der Waals surface area contributed by atoms with Crippen LogP contribution < -0.4 is 14.4 Å². The van der Waals surface area contributed by atoms with Crippen molar-refractivity contribution in [2.75, 3.05) is 19.1 Å². The Kier molecular flexibility index (Phi) is 7.95. The van der Waals surface area contributed by atoms with Gasteiger partial charge in [0.15, 0.2) is 0 Å². The molecule has 3 nitrogen and oxygen atoms in total. The molecule has 14 aromatic rings. The first-order valence-corrected chi connectivity index (χ1v) is 23.1. The lowest BCUT2D eigenvalue weighted by molar-refractivity contribution is 0.415. The lowest BCUT2D eigenvalue weighted by atomic mass is 9.87. The number of hydrogen-bond acceptors (Lipinski definition) is 3. The summed E-state index contributed by atoms with van der Waals surface area (Å²) < 4.78 is 11.6. The maximum atomic E-state index is 5.78. The molecular formula is C64H43NO2. The van der Waals surface area contributed by atoms with E-state index in [9.17, 15) is 0 Å². The van der Waals surface area contributed by atoms with Gasteiger partial charge in [-0.1, -0.05) is 145 Å². The fourth-order valence-electron chi connectivity index (χ4n) is 11.9. The average Bonchev–Trinajstić information content (AvgIpc) is 3.89. The third-order valence-electron chi connectivity index (χ3n) is 14.8. The quantitative estimate of drug-likeness (QED) is 0.118. The van der Waals surface area contributed by atoms with Crippen LogP contribution in [0.25, 0.3) is 119 Å². The maximum Gasteiger partial charge on any atom is 0.118 e. The van der Waals surface area contributed by atoms with Crippen molar-refractivity contribution < 1.29 is 9.47 Å². The first-order valence-electron chi connectivity index (χ1n) is 23.1. The molecule has 0 unspecified atom stereocenters. The van der Waals surface area contributed by atoms with Crippen molar-refractivity contribution in [2.24, 2.45) is 0 Å². The van der Waals surface area contributed by atoms with Gasteiger partial charge in [0.2, 0.25) is 0 Å². The lowest BCUT2D eigenvalue weighted by Gasteiger charge is -2.27. The third kappa shape index (κ3) is 5.23. The van der Waals surface area contributed by atoms with E-state index in [1.807, 2.05) is 0 Å². The molecule has 14 rings (SSSR count). The highest BCUT2D eigenvalue weighted by molar-refractivity contribution is 6.49. The molecule has 316 valence electrons. The predicted octanol–water partition coefficient (Wildman–Crippen LogP) is 17.8. The smallest absolute Gasteiger partial charge is 0.118 e. The van der Waals surface area contributed by atoms with Crippen LogP contribution in [0.4, 0.5) is 17.1 Å². The van der Waals surface area contributed by atoms with Crippen molar-refractivity contribution >= 4 is 114 Å². The van der Waals surface area contributed by atoms with Gasteiger partial charge >= 0.3 is 0 Å². The fraction of sp³-hybridized carbons (Fsp3) is 0.0625. The van der Waals surface area contributed by atoms with Crippen LogP contribution in [0.3, 0.4) is 0 Å². The number of methoxy groups -OCH3 is 2. The fourth-order valence-corrected chi connectivity index (χ4v) is 11.9. The minimum atomic E-state index is 0.837. The zero-order valence-electron chi connectivity index (χ0n) is 37.7. The summed E-state index contributed by atoms with van der Waals surface area (Å²) in [6, 6.07) is 70.2. The van der Waals surface area contributed by atoms with Crippen LogP contribution in [-0.2, 0) is 0 Å². The van der Waals surface area contributed by atoms with Crippen LogP contribution in [0.15, 0.2) is 188 Å². The molecule has 14 aromatic carbocycles. The summed E-state index contributed by atoms with van der Waals surface area (Å²) in [6.45, 7) is 4.30. The Balaban J connectivity index is 1.20. The van der Waals surface area contributed by atoms with Crippen LogP contribution in [0.2, 0.25) is 0 Å². The molecule has 67 heavy (non-hydrogen) atoms. The summed E-state index contributed by atoms with van der Waals surface area (Å²) in [5.41, 5.74) is 10.7. The Morgan fingerprint density at radius 2 is 0.672 bits per heavy atom. The number of benzene rings is 12. The summed E-state index contributed by atoms with van der Waals surface area (Å²) in [7, 11) is 3.49. The number of aryl methyl sites for hydroxylation is 2. The van der Waals surface area contributed by atoms with Gasteiger partial charge in [0.1, 0.15) is 11.5 Å². The molecule has 0 N–H and O–H groups in total. The summed E-state index contributed by atoms with van der Waals surface area (Å²) in [6.07, 6.45) is 0. The van der Waals surface area contributed by atoms with E-state index in [2.05, 4.69) is 207 Å². The van der Waals surface area contributed by atoms with E-state index in [0.29, 0.717) is 0 Å². The minimum absolute atomic E-state index is 0.837. The lowest BCUT2D eigenvalue weighted by Crippen LogP contribution is -2.10. The van der Waals surface area contributed by atoms with Gasteiger partial charge in [-0.25, -0.2) is 0 Å². The number of rotatable bonds is 7. The van der Waals surface area contributed by atoms with Gasteiger partial charge in [0, 0.05) is 16.8 Å². The number of hydrogen-bond donors (Lipinski definition) is 0. The Labute approximate surface area is 387 Å². The van der Waals surface area contributed by atoms with Gasteiger partial charge in [0.05, 0.1) is 19.9 Å². The van der Waals surface area contributed by atoms with Gasteiger partial charge in [-0.3, -0.25) is 0 Å². The number of anilines is 3. The zero-order valence-corrected chi connectivity index (χ0v) is 37.7.